The molecule has 5 rings (SSSR count). The summed E-state index contributed by atoms with van der Waals surface area (Å²) in [7, 11) is 1.69. The Labute approximate surface area is 326 Å². The Morgan fingerprint density at radius 3 is 2.25 bits per heavy atom. The van der Waals surface area contributed by atoms with E-state index in [-0.39, 0.29) is 37.3 Å². The minimum absolute atomic E-state index is 0.110. The molecule has 3 aliphatic heterocycles. The highest BCUT2D eigenvalue weighted by Crippen LogP contribution is 2.60. The van der Waals surface area contributed by atoms with Crippen LogP contribution in [0.15, 0.2) is 79.9 Å². The number of rotatable bonds is 19. The number of esters is 1. The number of hydrogen-bond donors (Lipinski definition) is 1. The lowest BCUT2D eigenvalue weighted by Crippen LogP contribution is -2.60. The first-order valence-electron chi connectivity index (χ1n) is 19.9. The number of aliphatic hydroxyl groups is 1. The van der Waals surface area contributed by atoms with Gasteiger partial charge in [-0.15, -0.1) is 13.2 Å². The van der Waals surface area contributed by atoms with Crippen molar-refractivity contribution >= 4 is 35.1 Å². The van der Waals surface area contributed by atoms with Crippen LogP contribution in [0.25, 0.3) is 0 Å². The predicted molar refractivity (Wildman–Crippen MR) is 214 cm³/mol. The van der Waals surface area contributed by atoms with E-state index in [1.165, 1.54) is 4.90 Å². The number of fused-ring (bicyclic) bond motifs is 1. The van der Waals surface area contributed by atoms with E-state index in [0.717, 1.165) is 18.8 Å². The van der Waals surface area contributed by atoms with Crippen molar-refractivity contribution in [2.75, 3.05) is 43.1 Å². The first-order chi connectivity index (χ1) is 26.4. The molecule has 2 aromatic carbocycles. The number of carbonyl (C=O) groups excluding carboxylic acids is 4. The molecule has 3 heterocycles. The molecule has 0 saturated carbocycles. The van der Waals surface area contributed by atoms with E-state index in [1.807, 2.05) is 75.4 Å². The van der Waals surface area contributed by atoms with Crippen LogP contribution < -0.4 is 9.80 Å². The van der Waals surface area contributed by atoms with Gasteiger partial charge in [0.1, 0.15) is 17.7 Å². The van der Waals surface area contributed by atoms with Gasteiger partial charge in [0.05, 0.1) is 36.6 Å². The van der Waals surface area contributed by atoms with E-state index < -0.39 is 59.6 Å². The van der Waals surface area contributed by atoms with Crippen LogP contribution >= 0.6 is 0 Å². The lowest BCUT2D eigenvalue weighted by Gasteiger charge is -2.41. The van der Waals surface area contributed by atoms with E-state index >= 15 is 4.79 Å². The lowest BCUT2D eigenvalue weighted by molar-refractivity contribution is -0.165. The average Bonchev–Trinajstić information content (AvgIpc) is 3.86. The van der Waals surface area contributed by atoms with Crippen molar-refractivity contribution in [2.45, 2.75) is 103 Å². The molecule has 0 aromatic heterocycles. The zero-order valence-electron chi connectivity index (χ0n) is 33.4. The Morgan fingerprint density at radius 2 is 1.67 bits per heavy atom. The quantitative estimate of drug-likeness (QED) is 0.139. The minimum Gasteiger partial charge on any atom is -0.455 e. The maximum Gasteiger partial charge on any atom is 0.313 e. The van der Waals surface area contributed by atoms with Crippen LogP contribution in [0.1, 0.15) is 78.4 Å². The fourth-order valence-corrected chi connectivity index (χ4v) is 8.96. The summed E-state index contributed by atoms with van der Waals surface area (Å²) in [6.45, 7) is 19.1. The van der Waals surface area contributed by atoms with Gasteiger partial charge in [-0.05, 0) is 75.8 Å². The second-order valence-electron chi connectivity index (χ2n) is 15.2. The Kier molecular flexibility index (Phi) is 13.6. The number of carbonyl (C=O) groups is 4. The molecule has 298 valence electrons. The second-order valence-corrected chi connectivity index (χ2v) is 15.2. The van der Waals surface area contributed by atoms with Gasteiger partial charge in [-0.2, -0.15) is 0 Å². The molecular formula is C44H60N4O7. The van der Waals surface area contributed by atoms with Crippen LogP contribution in [0, 0.1) is 17.8 Å². The van der Waals surface area contributed by atoms with Crippen LogP contribution in [-0.4, -0.2) is 102 Å². The van der Waals surface area contributed by atoms with Gasteiger partial charge in [0.25, 0.3) is 5.91 Å². The van der Waals surface area contributed by atoms with Crippen molar-refractivity contribution in [1.29, 1.82) is 0 Å². The maximum absolute atomic E-state index is 15.2. The molecule has 11 heteroatoms. The Hall–Kier alpha value is -4.48. The molecule has 3 aliphatic rings. The third-order valence-corrected chi connectivity index (χ3v) is 12.3. The number of ether oxygens (including phenoxy) is 2. The van der Waals surface area contributed by atoms with Crippen molar-refractivity contribution in [2.24, 2.45) is 17.8 Å². The number of amides is 3. The number of likely N-dealkylation sites (tertiary alicyclic amines) is 1. The van der Waals surface area contributed by atoms with Crippen molar-refractivity contribution in [1.82, 2.24) is 9.80 Å². The van der Waals surface area contributed by atoms with Gasteiger partial charge in [-0.25, -0.2) is 0 Å². The molecule has 0 aliphatic carbocycles. The van der Waals surface area contributed by atoms with Gasteiger partial charge >= 0.3 is 5.97 Å². The number of benzene rings is 2. The Balaban J connectivity index is 1.54. The molecule has 0 radical (unpaired) electrons. The number of allylic oxidation sites excluding steroid dienone is 1. The van der Waals surface area contributed by atoms with Crippen LogP contribution in [0.3, 0.4) is 0 Å². The van der Waals surface area contributed by atoms with Crippen LogP contribution in [0.4, 0.5) is 11.4 Å². The SMILES string of the molecule is C=CCCC(=O)N(C)[C@H](C)[C@H](OC(=O)[C@@H]1[C@@H]2CC[C@]3(O2)[C@H](C(=O)N(CC=C)c2ccc(N(CC)CC)cc2)N([C@@H](CO)[C@@H](C)CC)C(=O)[C@@H]13)c1ccccc1. The standard InChI is InChI=1S/C44H60N4O7/c1-9-14-20-36(50)45(8)30(7)39(31-18-16-15-17-19-31)54-43(53)37-35-25-26-44(55-35)38(37)41(51)48(34(28-49)29(6)11-3)40(44)42(52)47(27-10-2)33-23-21-32(22-24-33)46(12-4)13-5/h9-10,15-19,21-24,29-30,34-35,37-40,49H,1-2,11-14,20,25-28H2,3-8H3/t29-,30+,34-,35-,37+,38+,39-,40-,44+/m0/s1. The zero-order chi connectivity index (χ0) is 40.0. The summed E-state index contributed by atoms with van der Waals surface area (Å²) >= 11 is 0. The third kappa shape index (κ3) is 7.83. The molecule has 11 nitrogen and oxygen atoms in total. The fourth-order valence-electron chi connectivity index (χ4n) is 8.96. The van der Waals surface area contributed by atoms with E-state index in [0.29, 0.717) is 36.9 Å². The number of anilines is 2. The van der Waals surface area contributed by atoms with Gasteiger partial charge in [-0.3, -0.25) is 19.2 Å². The van der Waals surface area contributed by atoms with E-state index in [9.17, 15) is 19.5 Å². The first-order valence-corrected chi connectivity index (χ1v) is 19.9. The molecule has 9 atom stereocenters. The molecule has 3 saturated heterocycles. The highest BCUT2D eigenvalue weighted by molar-refractivity contribution is 6.05. The van der Waals surface area contributed by atoms with E-state index in [4.69, 9.17) is 9.47 Å². The summed E-state index contributed by atoms with van der Waals surface area (Å²) in [5.74, 6) is -3.59. The third-order valence-electron chi connectivity index (χ3n) is 12.3. The summed E-state index contributed by atoms with van der Waals surface area (Å²) < 4.78 is 13.2. The highest BCUT2D eigenvalue weighted by atomic mass is 16.6. The Morgan fingerprint density at radius 1 is 1.02 bits per heavy atom. The summed E-state index contributed by atoms with van der Waals surface area (Å²) in [5.41, 5.74) is 1.08. The average molecular weight is 757 g/mol. The smallest absolute Gasteiger partial charge is 0.313 e. The van der Waals surface area contributed by atoms with Gasteiger partial charge in [0.15, 0.2) is 0 Å². The first kappa shape index (κ1) is 41.7. The van der Waals surface area contributed by atoms with Crippen LogP contribution in [0.5, 0.6) is 0 Å². The number of aliphatic hydroxyl groups excluding tert-OH is 1. The molecule has 2 bridgehead atoms. The van der Waals surface area contributed by atoms with Crippen molar-refractivity contribution < 1.29 is 33.8 Å². The summed E-state index contributed by atoms with van der Waals surface area (Å²) in [4.78, 5) is 64.9. The molecule has 0 unspecified atom stereocenters. The van der Waals surface area contributed by atoms with Crippen molar-refractivity contribution in [3.63, 3.8) is 0 Å². The molecule has 1 spiro atoms. The minimum atomic E-state index is -1.31. The van der Waals surface area contributed by atoms with Gasteiger partial charge in [-0.1, -0.05) is 62.8 Å². The van der Waals surface area contributed by atoms with Crippen molar-refractivity contribution in [3.8, 4) is 0 Å². The lowest BCUT2D eigenvalue weighted by atomic mass is 9.70. The number of likely N-dealkylation sites (N-methyl/N-ethyl adjacent to an activating group) is 1. The summed E-state index contributed by atoms with van der Waals surface area (Å²) in [5, 5.41) is 10.8. The normalized spacial score (nSPS) is 24.7. The second kappa shape index (κ2) is 18.0. The predicted octanol–water partition coefficient (Wildman–Crippen LogP) is 5.93. The zero-order valence-corrected chi connectivity index (χ0v) is 33.4. The topological polar surface area (TPSA) is 120 Å². The summed E-state index contributed by atoms with van der Waals surface area (Å²) in [6.07, 6.45) is 4.17. The van der Waals surface area contributed by atoms with Gasteiger partial charge in [0.2, 0.25) is 11.8 Å². The number of nitrogens with zero attached hydrogens (tertiary/aromatic N) is 4. The van der Waals surface area contributed by atoms with Crippen LogP contribution in [-0.2, 0) is 28.7 Å². The fraction of sp³-hybridized carbons (Fsp3) is 0.545. The highest BCUT2D eigenvalue weighted by Gasteiger charge is 2.76. The Bertz CT molecular complexity index is 1680. The molecule has 1 N–H and O–H groups in total. The van der Waals surface area contributed by atoms with E-state index in [2.05, 4.69) is 31.9 Å². The van der Waals surface area contributed by atoms with Crippen molar-refractivity contribution in [3.05, 3.63) is 85.5 Å². The molecule has 3 fully saturated rings. The molecule has 2 aromatic rings. The maximum atomic E-state index is 15.2. The monoisotopic (exact) mass is 756 g/mol. The van der Waals surface area contributed by atoms with Gasteiger partial charge < -0.3 is 34.2 Å². The molecule has 3 amide bonds. The number of hydrogen-bond acceptors (Lipinski definition) is 8. The largest absolute Gasteiger partial charge is 0.455 e. The van der Waals surface area contributed by atoms with Gasteiger partial charge in [0, 0.05) is 44.5 Å². The molecule has 55 heavy (non-hydrogen) atoms. The van der Waals surface area contributed by atoms with E-state index in [1.54, 1.807) is 29.0 Å². The summed E-state index contributed by atoms with van der Waals surface area (Å²) in [6, 6.07) is 14.7. The van der Waals surface area contributed by atoms with Crippen LogP contribution in [0.2, 0.25) is 0 Å². The molecular weight excluding hydrogens is 697 g/mol.